The van der Waals surface area contributed by atoms with Gasteiger partial charge in [0.05, 0.1) is 29.0 Å². The fraction of sp³-hybridized carbons (Fsp3) is 0.812. The third-order valence-corrected chi connectivity index (χ3v) is 21.2. The van der Waals surface area contributed by atoms with E-state index in [1.807, 2.05) is 0 Å². The summed E-state index contributed by atoms with van der Waals surface area (Å²) in [6.45, 7) is 28.1. The highest BCUT2D eigenvalue weighted by Gasteiger charge is 2.57. The van der Waals surface area contributed by atoms with Crippen LogP contribution < -0.4 is 0 Å². The molecule has 1 N–H and O–H groups in total. The van der Waals surface area contributed by atoms with Gasteiger partial charge in [-0.25, -0.2) is 8.42 Å². The topological polar surface area (TPSA) is 91.3 Å². The average molecular weight is 645 g/mol. The second kappa shape index (κ2) is 13.0. The molecule has 42 heavy (non-hydrogen) atoms. The highest BCUT2D eigenvalue weighted by Crippen LogP contribution is 2.47. The van der Waals surface area contributed by atoms with E-state index in [9.17, 15) is 13.5 Å². The van der Waals surface area contributed by atoms with E-state index in [-0.39, 0.29) is 39.0 Å². The summed E-state index contributed by atoms with van der Waals surface area (Å²) >= 11 is 0. The van der Waals surface area contributed by atoms with Crippen molar-refractivity contribution in [1.29, 1.82) is 0 Å². The fourth-order valence-electron chi connectivity index (χ4n) is 5.31. The standard InChI is InChI=1S/C32H60O7SSi2/c1-24(38-41(11,12)29(2,3)4)27(39-42(13,14)30(5,6)7)22-25-20-21-28(33)32(36-10,37-25)31(8,9)23-40(34,35)26-18-16-15-17-19-26/h15-19,24-25,27-28,33H,20-23H2,1-14H3/t24-,25+,27-,28+,32-/m1/s1. The number of ether oxygens (including phenoxy) is 2. The van der Waals surface area contributed by atoms with Crippen molar-refractivity contribution in [2.45, 2.75) is 153 Å². The van der Waals surface area contributed by atoms with Crippen molar-refractivity contribution in [3.63, 3.8) is 0 Å². The predicted molar refractivity (Wildman–Crippen MR) is 177 cm³/mol. The van der Waals surface area contributed by atoms with Crippen LogP contribution in [0.3, 0.4) is 0 Å². The second-order valence-electron chi connectivity index (χ2n) is 15.9. The number of hydrogen-bond donors (Lipinski definition) is 1. The maximum absolute atomic E-state index is 13.4. The van der Waals surface area contributed by atoms with E-state index in [2.05, 4.69) is 74.7 Å². The summed E-state index contributed by atoms with van der Waals surface area (Å²) in [5.74, 6) is -1.75. The zero-order valence-electron chi connectivity index (χ0n) is 28.8. The smallest absolute Gasteiger partial charge is 0.200 e. The molecule has 0 aromatic heterocycles. The van der Waals surface area contributed by atoms with Gasteiger partial charge in [0.2, 0.25) is 5.79 Å². The molecular weight excluding hydrogens is 585 g/mol. The summed E-state index contributed by atoms with van der Waals surface area (Å²) in [6, 6.07) is 8.40. The van der Waals surface area contributed by atoms with Gasteiger partial charge in [-0.15, -0.1) is 0 Å². The van der Waals surface area contributed by atoms with Crippen LogP contribution >= 0.6 is 0 Å². The van der Waals surface area contributed by atoms with Crippen LogP contribution in [0.4, 0.5) is 0 Å². The number of aliphatic hydroxyl groups is 1. The van der Waals surface area contributed by atoms with Crippen LogP contribution in [0.1, 0.15) is 81.6 Å². The number of sulfone groups is 1. The Hall–Kier alpha value is -0.596. The van der Waals surface area contributed by atoms with Crippen molar-refractivity contribution in [2.24, 2.45) is 5.41 Å². The SMILES string of the molecule is CO[C@@]1(C(C)(C)CS(=O)(=O)c2ccccc2)O[C@H](C[C@@H](O[Si](C)(C)C(C)(C)C)[C@@H](C)O[Si](C)(C)C(C)(C)C)CC[C@@H]1O. The number of aliphatic hydroxyl groups excluding tert-OH is 1. The van der Waals surface area contributed by atoms with Gasteiger partial charge in [-0.2, -0.15) is 0 Å². The summed E-state index contributed by atoms with van der Waals surface area (Å²) in [5, 5.41) is 11.4. The fourth-order valence-corrected chi connectivity index (χ4v) is 10.0. The van der Waals surface area contributed by atoms with Gasteiger partial charge in [0, 0.05) is 18.9 Å². The Morgan fingerprint density at radius 3 is 1.90 bits per heavy atom. The molecule has 1 fully saturated rings. The molecule has 5 atom stereocenters. The largest absolute Gasteiger partial charge is 0.412 e. The van der Waals surface area contributed by atoms with E-state index in [4.69, 9.17) is 18.3 Å². The highest BCUT2D eigenvalue weighted by atomic mass is 32.2. The molecule has 0 aliphatic carbocycles. The van der Waals surface area contributed by atoms with E-state index >= 15 is 0 Å². The zero-order chi connectivity index (χ0) is 32.6. The highest BCUT2D eigenvalue weighted by molar-refractivity contribution is 7.91. The summed E-state index contributed by atoms with van der Waals surface area (Å²) in [7, 11) is -6.45. The molecule has 0 unspecified atom stereocenters. The molecular formula is C32H60O7SSi2. The van der Waals surface area contributed by atoms with Gasteiger partial charge in [0.15, 0.2) is 26.5 Å². The monoisotopic (exact) mass is 644 g/mol. The predicted octanol–water partition coefficient (Wildman–Crippen LogP) is 7.56. The van der Waals surface area contributed by atoms with Crippen LogP contribution in [0.15, 0.2) is 35.2 Å². The summed E-state index contributed by atoms with van der Waals surface area (Å²) < 4.78 is 53.5. The number of rotatable bonds is 12. The first kappa shape index (κ1) is 37.6. The third kappa shape index (κ3) is 8.35. The average Bonchev–Trinajstić information content (AvgIpc) is 2.82. The van der Waals surface area contributed by atoms with Crippen LogP contribution in [0.5, 0.6) is 0 Å². The molecule has 0 bridgehead atoms. The lowest BCUT2D eigenvalue weighted by Crippen LogP contribution is -2.63. The molecule has 1 aromatic carbocycles. The first-order chi connectivity index (χ1) is 18.8. The maximum atomic E-state index is 13.4. The second-order valence-corrected chi connectivity index (χ2v) is 27.4. The number of benzene rings is 1. The van der Waals surface area contributed by atoms with Gasteiger partial charge in [0.1, 0.15) is 6.10 Å². The van der Waals surface area contributed by atoms with Gasteiger partial charge >= 0.3 is 0 Å². The van der Waals surface area contributed by atoms with Gasteiger partial charge in [-0.05, 0) is 68.2 Å². The molecule has 1 aromatic rings. The normalized spacial score (nSPS) is 24.8. The van der Waals surface area contributed by atoms with Crippen LogP contribution in [0.2, 0.25) is 36.3 Å². The van der Waals surface area contributed by atoms with Crippen molar-refractivity contribution in [1.82, 2.24) is 0 Å². The zero-order valence-corrected chi connectivity index (χ0v) is 31.6. The first-order valence-electron chi connectivity index (χ1n) is 15.4. The Kier molecular flexibility index (Phi) is 11.7. The summed E-state index contributed by atoms with van der Waals surface area (Å²) in [6.07, 6.45) is -0.102. The lowest BCUT2D eigenvalue weighted by Gasteiger charge is -2.52. The lowest BCUT2D eigenvalue weighted by molar-refractivity contribution is -0.354. The van der Waals surface area contributed by atoms with Crippen LogP contribution in [-0.4, -0.2) is 73.2 Å². The number of hydrogen-bond acceptors (Lipinski definition) is 7. The molecule has 10 heteroatoms. The van der Waals surface area contributed by atoms with Gasteiger partial charge in [-0.1, -0.05) is 73.6 Å². The molecule has 1 heterocycles. The van der Waals surface area contributed by atoms with Crippen LogP contribution in [0, 0.1) is 5.41 Å². The van der Waals surface area contributed by atoms with Gasteiger partial charge in [-0.3, -0.25) is 0 Å². The Morgan fingerprint density at radius 2 is 1.43 bits per heavy atom. The maximum Gasteiger partial charge on any atom is 0.200 e. The van der Waals surface area contributed by atoms with Crippen molar-refractivity contribution < 1.29 is 31.9 Å². The molecule has 244 valence electrons. The Balaban J connectivity index is 2.43. The first-order valence-corrected chi connectivity index (χ1v) is 22.8. The lowest BCUT2D eigenvalue weighted by atomic mass is 9.77. The van der Waals surface area contributed by atoms with Crippen molar-refractivity contribution >= 4 is 26.5 Å². The summed E-state index contributed by atoms with van der Waals surface area (Å²) in [5.41, 5.74) is -1.06. The quantitative estimate of drug-likeness (QED) is 0.235. The molecule has 0 radical (unpaired) electrons. The van der Waals surface area contributed by atoms with Crippen molar-refractivity contribution in [2.75, 3.05) is 12.9 Å². The molecule has 2 rings (SSSR count). The number of methoxy groups -OCH3 is 1. The Morgan fingerprint density at radius 1 is 0.929 bits per heavy atom. The summed E-state index contributed by atoms with van der Waals surface area (Å²) in [4.78, 5) is 0.241. The Bertz CT molecular complexity index is 1120. The molecule has 1 saturated heterocycles. The molecule has 1 aliphatic rings. The van der Waals surface area contributed by atoms with Crippen LogP contribution in [-0.2, 0) is 28.2 Å². The van der Waals surface area contributed by atoms with Crippen LogP contribution in [0.25, 0.3) is 0 Å². The van der Waals surface area contributed by atoms with E-state index in [1.54, 1.807) is 44.2 Å². The molecule has 0 saturated carbocycles. The van der Waals surface area contributed by atoms with Crippen molar-refractivity contribution in [3.8, 4) is 0 Å². The molecule has 7 nitrogen and oxygen atoms in total. The van der Waals surface area contributed by atoms with Crippen molar-refractivity contribution in [3.05, 3.63) is 30.3 Å². The van der Waals surface area contributed by atoms with E-state index < -0.39 is 43.8 Å². The van der Waals surface area contributed by atoms with Gasteiger partial charge in [0.25, 0.3) is 0 Å². The minimum atomic E-state index is -3.67. The minimum Gasteiger partial charge on any atom is -0.412 e. The third-order valence-electron chi connectivity index (χ3n) is 10.00. The van der Waals surface area contributed by atoms with E-state index in [1.165, 1.54) is 7.11 Å². The Labute approximate surface area is 259 Å². The van der Waals surface area contributed by atoms with E-state index in [0.29, 0.717) is 19.3 Å². The molecule has 0 spiro atoms. The molecule has 0 amide bonds. The van der Waals surface area contributed by atoms with Gasteiger partial charge < -0.3 is 23.4 Å². The molecule has 1 aliphatic heterocycles. The van der Waals surface area contributed by atoms with E-state index in [0.717, 1.165) is 0 Å². The minimum absolute atomic E-state index is 0.00956.